The fourth-order valence-corrected chi connectivity index (χ4v) is 4.55. The van der Waals surface area contributed by atoms with Crippen molar-refractivity contribution in [1.82, 2.24) is 14.3 Å². The molecule has 1 saturated heterocycles. The van der Waals surface area contributed by atoms with Gasteiger partial charge in [-0.2, -0.15) is 0 Å². The van der Waals surface area contributed by atoms with Crippen LogP contribution in [0.15, 0.2) is 29.0 Å². The molecule has 6 heteroatoms. The van der Waals surface area contributed by atoms with E-state index in [0.29, 0.717) is 12.5 Å². The summed E-state index contributed by atoms with van der Waals surface area (Å²) in [5.41, 5.74) is 1.52. The van der Waals surface area contributed by atoms with Gasteiger partial charge in [-0.15, -0.1) is 0 Å². The first-order chi connectivity index (χ1) is 10.6. The van der Waals surface area contributed by atoms with E-state index < -0.39 is 11.4 Å². The van der Waals surface area contributed by atoms with Gasteiger partial charge < -0.3 is 9.51 Å². The predicted octanol–water partition coefficient (Wildman–Crippen LogP) is 2.78. The van der Waals surface area contributed by atoms with Crippen LogP contribution in [0.4, 0.5) is 0 Å². The van der Waals surface area contributed by atoms with Gasteiger partial charge >= 0.3 is 5.97 Å². The first-order valence-corrected chi connectivity index (χ1v) is 8.45. The molecule has 0 amide bonds. The highest BCUT2D eigenvalue weighted by Gasteiger charge is 2.54. The van der Waals surface area contributed by atoms with Crippen molar-refractivity contribution in [3.8, 4) is 0 Å². The minimum Gasteiger partial charge on any atom is -0.481 e. The lowest BCUT2D eigenvalue weighted by Gasteiger charge is -2.23. The van der Waals surface area contributed by atoms with Gasteiger partial charge in [0, 0.05) is 30.3 Å². The van der Waals surface area contributed by atoms with Gasteiger partial charge in [0.2, 0.25) is 0 Å². The van der Waals surface area contributed by atoms with E-state index in [0.717, 1.165) is 48.2 Å². The number of pyridine rings is 1. The van der Waals surface area contributed by atoms with Crippen LogP contribution in [0.1, 0.15) is 25.0 Å². The molecule has 1 aliphatic heterocycles. The van der Waals surface area contributed by atoms with E-state index in [9.17, 15) is 9.90 Å². The summed E-state index contributed by atoms with van der Waals surface area (Å²) < 4.78 is 3.09. The number of aromatic nitrogens is 2. The third-order valence-corrected chi connectivity index (χ3v) is 5.77. The summed E-state index contributed by atoms with van der Waals surface area (Å²) in [5.74, 6) is -0.311. The summed E-state index contributed by atoms with van der Waals surface area (Å²) in [6.07, 6.45) is 6.82. The Kier molecular flexibility index (Phi) is 3.27. The van der Waals surface area contributed by atoms with E-state index in [2.05, 4.69) is 30.2 Å². The third kappa shape index (κ3) is 2.08. The van der Waals surface area contributed by atoms with Crippen LogP contribution in [0.5, 0.6) is 0 Å². The van der Waals surface area contributed by atoms with Crippen molar-refractivity contribution in [2.24, 2.45) is 11.3 Å². The number of nitrogens with zero attached hydrogens (tertiary/aromatic N) is 3. The minimum absolute atomic E-state index is 0.302. The van der Waals surface area contributed by atoms with E-state index in [1.54, 1.807) is 0 Å². The first-order valence-electron chi connectivity index (χ1n) is 7.66. The summed E-state index contributed by atoms with van der Waals surface area (Å²) in [7, 11) is 0. The highest BCUT2D eigenvalue weighted by molar-refractivity contribution is 9.10. The Morgan fingerprint density at radius 2 is 2.36 bits per heavy atom. The molecule has 1 N–H and O–H groups in total. The van der Waals surface area contributed by atoms with Crippen LogP contribution in [-0.4, -0.2) is 38.4 Å². The monoisotopic (exact) mass is 363 g/mol. The molecule has 2 atom stereocenters. The van der Waals surface area contributed by atoms with Crippen LogP contribution >= 0.6 is 15.9 Å². The molecule has 116 valence electrons. The van der Waals surface area contributed by atoms with Gasteiger partial charge in [-0.25, -0.2) is 4.98 Å². The second-order valence-electron chi connectivity index (χ2n) is 6.55. The van der Waals surface area contributed by atoms with Gasteiger partial charge in [0.25, 0.3) is 0 Å². The Hall–Kier alpha value is -1.40. The average Bonchev–Trinajstić information content (AvgIpc) is 3.12. The topological polar surface area (TPSA) is 57.8 Å². The molecule has 0 radical (unpaired) electrons. The van der Waals surface area contributed by atoms with Gasteiger partial charge in [0.1, 0.15) is 5.65 Å². The molecule has 2 aliphatic rings. The summed E-state index contributed by atoms with van der Waals surface area (Å²) in [6.45, 7) is 2.30. The summed E-state index contributed by atoms with van der Waals surface area (Å²) in [5, 5.41) is 9.68. The van der Waals surface area contributed by atoms with Crippen molar-refractivity contribution >= 4 is 27.5 Å². The lowest BCUT2D eigenvalue weighted by atomic mass is 9.81. The van der Waals surface area contributed by atoms with E-state index in [1.807, 2.05) is 24.5 Å². The van der Waals surface area contributed by atoms with Gasteiger partial charge in [0.15, 0.2) is 0 Å². The fourth-order valence-electron chi connectivity index (χ4n) is 4.21. The smallest absolute Gasteiger partial charge is 0.311 e. The quantitative estimate of drug-likeness (QED) is 0.910. The number of hydrogen-bond acceptors (Lipinski definition) is 3. The average molecular weight is 364 g/mol. The number of halogens is 1. The minimum atomic E-state index is -0.613. The van der Waals surface area contributed by atoms with Gasteiger partial charge in [0.05, 0.1) is 17.3 Å². The van der Waals surface area contributed by atoms with Gasteiger partial charge in [-0.05, 0) is 46.8 Å². The Bertz CT molecular complexity index is 744. The Labute approximate surface area is 137 Å². The van der Waals surface area contributed by atoms with Crippen molar-refractivity contribution < 1.29 is 9.90 Å². The van der Waals surface area contributed by atoms with Crippen molar-refractivity contribution in [2.75, 3.05) is 13.1 Å². The number of hydrogen-bond donors (Lipinski definition) is 1. The summed E-state index contributed by atoms with van der Waals surface area (Å²) in [4.78, 5) is 18.5. The maximum absolute atomic E-state index is 11.8. The number of likely N-dealkylation sites (tertiary alicyclic amines) is 1. The number of imidazole rings is 1. The maximum Gasteiger partial charge on any atom is 0.311 e. The van der Waals surface area contributed by atoms with E-state index in [4.69, 9.17) is 0 Å². The molecular weight excluding hydrogens is 346 g/mol. The van der Waals surface area contributed by atoms with Gasteiger partial charge in [-0.1, -0.05) is 6.42 Å². The first kappa shape index (κ1) is 14.2. The largest absolute Gasteiger partial charge is 0.481 e. The molecule has 2 fully saturated rings. The molecule has 22 heavy (non-hydrogen) atoms. The highest BCUT2D eigenvalue weighted by Crippen LogP contribution is 2.49. The molecule has 0 spiro atoms. The Morgan fingerprint density at radius 1 is 1.50 bits per heavy atom. The molecular formula is C16H18BrN3O2. The number of carbonyl (C=O) groups is 1. The number of carboxylic acid groups (broad SMARTS) is 1. The molecule has 0 unspecified atom stereocenters. The second-order valence-corrected chi connectivity index (χ2v) is 7.46. The van der Waals surface area contributed by atoms with E-state index in [1.165, 1.54) is 0 Å². The van der Waals surface area contributed by atoms with Crippen LogP contribution in [0.25, 0.3) is 5.65 Å². The molecule has 0 aromatic carbocycles. The molecule has 1 saturated carbocycles. The Balaban J connectivity index is 1.59. The zero-order valence-corrected chi connectivity index (χ0v) is 13.8. The molecule has 5 nitrogen and oxygen atoms in total. The molecule has 4 rings (SSSR count). The van der Waals surface area contributed by atoms with Crippen LogP contribution in [0.2, 0.25) is 0 Å². The molecule has 1 aliphatic carbocycles. The van der Waals surface area contributed by atoms with Crippen LogP contribution in [0.3, 0.4) is 0 Å². The van der Waals surface area contributed by atoms with Crippen molar-refractivity contribution in [3.05, 3.63) is 34.7 Å². The number of aliphatic carboxylic acids is 1. The fraction of sp³-hybridized carbons (Fsp3) is 0.500. The zero-order valence-electron chi connectivity index (χ0n) is 12.2. The molecule has 0 bridgehead atoms. The second kappa shape index (κ2) is 5.06. The standard InChI is InChI=1S/C16H18BrN3O2/c17-12-3-4-14-18-6-13(20(14)8-12)9-19-7-11-2-1-5-16(11,10-19)15(21)22/h3-4,6,8,11H,1-2,5,7,9-10H2,(H,21,22)/t11-,16+/m0/s1. The molecule has 2 aromatic rings. The molecule has 3 heterocycles. The zero-order chi connectivity index (χ0) is 15.3. The number of carboxylic acids is 1. The summed E-state index contributed by atoms with van der Waals surface area (Å²) >= 11 is 3.49. The number of fused-ring (bicyclic) bond motifs is 2. The highest BCUT2D eigenvalue weighted by atomic mass is 79.9. The van der Waals surface area contributed by atoms with Crippen molar-refractivity contribution in [1.29, 1.82) is 0 Å². The third-order valence-electron chi connectivity index (χ3n) is 5.30. The van der Waals surface area contributed by atoms with Crippen molar-refractivity contribution in [3.63, 3.8) is 0 Å². The molecule has 2 aromatic heterocycles. The van der Waals surface area contributed by atoms with E-state index >= 15 is 0 Å². The maximum atomic E-state index is 11.8. The normalized spacial score (nSPS) is 28.3. The van der Waals surface area contributed by atoms with Crippen molar-refractivity contribution in [2.45, 2.75) is 25.8 Å². The van der Waals surface area contributed by atoms with Gasteiger partial charge in [-0.3, -0.25) is 9.69 Å². The predicted molar refractivity (Wildman–Crippen MR) is 85.6 cm³/mol. The van der Waals surface area contributed by atoms with Crippen LogP contribution in [-0.2, 0) is 11.3 Å². The lowest BCUT2D eigenvalue weighted by molar-refractivity contribution is -0.149. The Morgan fingerprint density at radius 3 is 3.14 bits per heavy atom. The van der Waals surface area contributed by atoms with Crippen LogP contribution in [0, 0.1) is 11.3 Å². The summed E-state index contributed by atoms with van der Waals surface area (Å²) in [6, 6.07) is 3.96. The van der Waals surface area contributed by atoms with Crippen LogP contribution < -0.4 is 0 Å². The number of rotatable bonds is 3. The van der Waals surface area contributed by atoms with E-state index in [-0.39, 0.29) is 0 Å². The SMILES string of the molecule is O=C(O)[C@@]12CCC[C@H]1CN(Cc1cnc3ccc(Br)cn13)C2. The lowest BCUT2D eigenvalue weighted by Crippen LogP contribution is -2.35.